The van der Waals surface area contributed by atoms with Crippen LogP contribution in [0.15, 0.2) is 0 Å². The van der Waals surface area contributed by atoms with Crippen molar-refractivity contribution in [3.8, 4) is 0 Å². The van der Waals surface area contributed by atoms with Gasteiger partial charge in [0.05, 0.1) is 6.42 Å². The first-order chi connectivity index (χ1) is 5.42. The van der Waals surface area contributed by atoms with Gasteiger partial charge in [-0.2, -0.15) is 0 Å². The number of nitrogens with zero attached hydrogens (tertiary/aromatic N) is 1. The van der Waals surface area contributed by atoms with E-state index in [-0.39, 0.29) is 0 Å². The Hall–Kier alpha value is -0.940. The van der Waals surface area contributed by atoms with Gasteiger partial charge >= 0.3 is 6.09 Å². The molecule has 0 aromatic carbocycles. The maximum absolute atomic E-state index is 12.7. The van der Waals surface area contributed by atoms with Crippen molar-refractivity contribution in [1.29, 1.82) is 0 Å². The van der Waals surface area contributed by atoms with E-state index >= 15 is 0 Å². The molecule has 0 saturated carbocycles. The van der Waals surface area contributed by atoms with Gasteiger partial charge in [-0.1, -0.05) is 0 Å². The Balaban J connectivity index is 2.60. The second-order valence-corrected chi connectivity index (χ2v) is 2.72. The summed E-state index contributed by atoms with van der Waals surface area (Å²) in [5, 5.41) is 8.32. The Morgan fingerprint density at radius 1 is 1.58 bits per heavy atom. The third-order valence-corrected chi connectivity index (χ3v) is 1.77. The summed E-state index contributed by atoms with van der Waals surface area (Å²) in [5.41, 5.74) is 0. The molecule has 0 aromatic rings. The van der Waals surface area contributed by atoms with Gasteiger partial charge in [0.25, 0.3) is 5.92 Å². The van der Waals surface area contributed by atoms with Crippen LogP contribution in [0.2, 0.25) is 0 Å². The second-order valence-electron chi connectivity index (χ2n) is 2.72. The van der Waals surface area contributed by atoms with Gasteiger partial charge in [0.1, 0.15) is 0 Å². The molecule has 1 heterocycles. The van der Waals surface area contributed by atoms with Crippen LogP contribution in [-0.4, -0.2) is 34.9 Å². The molecule has 1 rings (SSSR count). The first-order valence-electron chi connectivity index (χ1n) is 3.44. The topological polar surface area (TPSA) is 40.5 Å². The minimum Gasteiger partial charge on any atom is -0.465 e. The second kappa shape index (κ2) is 2.84. The maximum atomic E-state index is 12.7. The lowest BCUT2D eigenvalue weighted by Gasteiger charge is -2.32. The summed E-state index contributed by atoms with van der Waals surface area (Å²) in [6.07, 6.45) is -5.19. The molecule has 1 saturated heterocycles. The zero-order chi connectivity index (χ0) is 9.35. The molecule has 70 valence electrons. The highest BCUT2D eigenvalue weighted by atomic mass is 19.3. The minimum atomic E-state index is -3.06. The van der Waals surface area contributed by atoms with E-state index in [1.54, 1.807) is 0 Å². The molecule has 6 heteroatoms. The van der Waals surface area contributed by atoms with Crippen LogP contribution < -0.4 is 0 Å². The fraction of sp³-hybridized carbons (Fsp3) is 0.833. The molecule has 1 atom stereocenters. The Bertz CT molecular complexity index is 197. The van der Waals surface area contributed by atoms with Crippen molar-refractivity contribution in [1.82, 2.24) is 4.90 Å². The smallest absolute Gasteiger partial charge is 0.409 e. The van der Waals surface area contributed by atoms with Gasteiger partial charge in [0, 0.05) is 13.0 Å². The largest absolute Gasteiger partial charge is 0.465 e. The van der Waals surface area contributed by atoms with Crippen molar-refractivity contribution < 1.29 is 23.1 Å². The summed E-state index contributed by atoms with van der Waals surface area (Å²) in [6.45, 7) is -0.441. The molecule has 0 spiro atoms. The average Bonchev–Trinajstić information content (AvgIpc) is 1.83. The van der Waals surface area contributed by atoms with Crippen molar-refractivity contribution in [3.05, 3.63) is 0 Å². The SMILES string of the molecule is O=C(O)N1CCC(F)(F)CC1F. The van der Waals surface area contributed by atoms with Crippen LogP contribution in [0.1, 0.15) is 12.8 Å². The third-order valence-electron chi connectivity index (χ3n) is 1.77. The first-order valence-corrected chi connectivity index (χ1v) is 3.44. The predicted octanol–water partition coefficient (Wildman–Crippen LogP) is 1.69. The van der Waals surface area contributed by atoms with Gasteiger partial charge in [0.2, 0.25) is 0 Å². The molecule has 0 bridgehead atoms. The van der Waals surface area contributed by atoms with Crippen molar-refractivity contribution in [2.45, 2.75) is 25.1 Å². The molecule has 0 aliphatic carbocycles. The normalized spacial score (nSPS) is 28.6. The van der Waals surface area contributed by atoms with E-state index in [1.807, 2.05) is 0 Å². The zero-order valence-electron chi connectivity index (χ0n) is 6.14. The van der Waals surface area contributed by atoms with E-state index in [9.17, 15) is 18.0 Å². The quantitative estimate of drug-likeness (QED) is 0.580. The Kier molecular flexibility index (Phi) is 2.16. The molecular weight excluding hydrogens is 175 g/mol. The van der Waals surface area contributed by atoms with E-state index < -0.39 is 37.7 Å². The third kappa shape index (κ3) is 1.80. The summed E-state index contributed by atoms with van der Waals surface area (Å²) in [7, 11) is 0. The summed E-state index contributed by atoms with van der Waals surface area (Å²) in [6, 6.07) is 0. The molecule has 1 fully saturated rings. The van der Waals surface area contributed by atoms with Crippen LogP contribution in [0.25, 0.3) is 0 Å². The molecule has 0 aromatic heterocycles. The Morgan fingerprint density at radius 3 is 2.58 bits per heavy atom. The van der Waals surface area contributed by atoms with Crippen LogP contribution in [-0.2, 0) is 0 Å². The van der Waals surface area contributed by atoms with E-state index in [1.165, 1.54) is 0 Å². The number of likely N-dealkylation sites (tertiary alicyclic amines) is 1. The van der Waals surface area contributed by atoms with Crippen molar-refractivity contribution in [3.63, 3.8) is 0 Å². The van der Waals surface area contributed by atoms with Crippen LogP contribution in [0.5, 0.6) is 0 Å². The molecule has 1 amide bonds. The van der Waals surface area contributed by atoms with Crippen LogP contribution >= 0.6 is 0 Å². The lowest BCUT2D eigenvalue weighted by atomic mass is 10.1. The van der Waals surface area contributed by atoms with Crippen LogP contribution in [0.3, 0.4) is 0 Å². The lowest BCUT2D eigenvalue weighted by molar-refractivity contribution is -0.0996. The maximum Gasteiger partial charge on any atom is 0.409 e. The van der Waals surface area contributed by atoms with Gasteiger partial charge < -0.3 is 5.11 Å². The number of carbonyl (C=O) groups is 1. The number of piperidine rings is 1. The van der Waals surface area contributed by atoms with Crippen LogP contribution in [0.4, 0.5) is 18.0 Å². The number of halogens is 3. The first kappa shape index (κ1) is 9.15. The fourth-order valence-corrected chi connectivity index (χ4v) is 1.10. The van der Waals surface area contributed by atoms with Gasteiger partial charge in [-0.05, 0) is 0 Å². The number of amides is 1. The standard InChI is InChI=1S/C6H8F3NO2/c7-4-3-6(8,9)1-2-10(4)5(11)12/h4H,1-3H2,(H,11,12). The highest BCUT2D eigenvalue weighted by Gasteiger charge is 2.42. The van der Waals surface area contributed by atoms with Crippen LogP contribution in [0, 0.1) is 0 Å². The molecule has 12 heavy (non-hydrogen) atoms. The minimum absolute atomic E-state index is 0.386. The summed E-state index contributed by atoms with van der Waals surface area (Å²) in [5.74, 6) is -3.06. The molecule has 1 unspecified atom stereocenters. The lowest BCUT2D eigenvalue weighted by Crippen LogP contribution is -2.47. The van der Waals surface area contributed by atoms with E-state index in [2.05, 4.69) is 0 Å². The van der Waals surface area contributed by atoms with E-state index in [4.69, 9.17) is 5.11 Å². The molecule has 0 radical (unpaired) electrons. The highest BCUT2D eigenvalue weighted by molar-refractivity contribution is 5.65. The highest BCUT2D eigenvalue weighted by Crippen LogP contribution is 2.32. The average molecular weight is 183 g/mol. The summed E-state index contributed by atoms with van der Waals surface area (Å²) < 4.78 is 37.5. The molecular formula is C6H8F3NO2. The number of carboxylic acid groups (broad SMARTS) is 1. The Morgan fingerprint density at radius 2 is 2.17 bits per heavy atom. The predicted molar refractivity (Wildman–Crippen MR) is 33.8 cm³/mol. The Labute approximate surface area is 66.8 Å². The molecule has 3 nitrogen and oxygen atoms in total. The fourth-order valence-electron chi connectivity index (χ4n) is 1.10. The number of alkyl halides is 3. The number of rotatable bonds is 0. The number of hydrogen-bond donors (Lipinski definition) is 1. The van der Waals surface area contributed by atoms with Crippen molar-refractivity contribution in [2.75, 3.05) is 6.54 Å². The van der Waals surface area contributed by atoms with Gasteiger partial charge in [-0.25, -0.2) is 18.0 Å². The van der Waals surface area contributed by atoms with Gasteiger partial charge in [-0.3, -0.25) is 4.90 Å². The van der Waals surface area contributed by atoms with Gasteiger partial charge in [-0.15, -0.1) is 0 Å². The monoisotopic (exact) mass is 183 g/mol. The summed E-state index contributed by atoms with van der Waals surface area (Å²) >= 11 is 0. The van der Waals surface area contributed by atoms with Gasteiger partial charge in [0.15, 0.2) is 6.30 Å². The van der Waals surface area contributed by atoms with E-state index in [0.717, 1.165) is 0 Å². The van der Waals surface area contributed by atoms with Crippen molar-refractivity contribution in [2.24, 2.45) is 0 Å². The summed E-state index contributed by atoms with van der Waals surface area (Å²) in [4.78, 5) is 10.6. The van der Waals surface area contributed by atoms with E-state index in [0.29, 0.717) is 4.90 Å². The number of hydrogen-bond acceptors (Lipinski definition) is 1. The molecule has 1 N–H and O–H groups in total. The molecule has 1 aliphatic rings. The van der Waals surface area contributed by atoms with Crippen molar-refractivity contribution >= 4 is 6.09 Å². The zero-order valence-corrected chi connectivity index (χ0v) is 6.14. The molecule has 1 aliphatic heterocycles.